The van der Waals surface area contributed by atoms with Gasteiger partial charge in [-0.1, -0.05) is 23.2 Å². The van der Waals surface area contributed by atoms with Crippen molar-refractivity contribution >= 4 is 29.5 Å². The predicted octanol–water partition coefficient (Wildman–Crippen LogP) is 2.66. The second-order valence-corrected chi connectivity index (χ2v) is 3.34. The number of aldehydes is 1. The van der Waals surface area contributed by atoms with E-state index in [1.807, 2.05) is 0 Å². The SMILES string of the molecule is CCO[C@H](C=O)c1cnc(Cl)cc1Cl. The summed E-state index contributed by atoms with van der Waals surface area (Å²) in [6, 6.07) is 1.48. The van der Waals surface area contributed by atoms with E-state index in [0.29, 0.717) is 28.6 Å². The summed E-state index contributed by atoms with van der Waals surface area (Å²) >= 11 is 11.5. The minimum absolute atomic E-state index is 0.292. The Morgan fingerprint density at radius 2 is 2.36 bits per heavy atom. The van der Waals surface area contributed by atoms with Crippen LogP contribution in [0.5, 0.6) is 0 Å². The number of carbonyl (C=O) groups is 1. The second kappa shape index (κ2) is 5.29. The molecule has 1 rings (SSSR count). The third-order valence-electron chi connectivity index (χ3n) is 1.62. The van der Waals surface area contributed by atoms with Crippen molar-refractivity contribution in [2.45, 2.75) is 13.0 Å². The summed E-state index contributed by atoms with van der Waals surface area (Å²) in [6.07, 6.45) is 1.46. The van der Waals surface area contributed by atoms with Crippen molar-refractivity contribution in [3.63, 3.8) is 0 Å². The Labute approximate surface area is 92.0 Å². The first-order chi connectivity index (χ1) is 6.69. The summed E-state index contributed by atoms with van der Waals surface area (Å²) in [5.41, 5.74) is 0.535. The summed E-state index contributed by atoms with van der Waals surface area (Å²) in [5, 5.41) is 0.676. The summed E-state index contributed by atoms with van der Waals surface area (Å²) < 4.78 is 5.16. The highest BCUT2D eigenvalue weighted by Gasteiger charge is 2.14. The molecule has 0 aliphatic heterocycles. The third-order valence-corrected chi connectivity index (χ3v) is 2.16. The Hall–Kier alpha value is -0.640. The molecule has 0 fully saturated rings. The standard InChI is InChI=1S/C9H9Cl2NO2/c1-2-14-8(5-13)6-4-12-9(11)3-7(6)10/h3-5,8H,2H2,1H3/t8-/m1/s1. The molecule has 1 atom stereocenters. The van der Waals surface area contributed by atoms with Crippen LogP contribution in [0.1, 0.15) is 18.6 Å². The van der Waals surface area contributed by atoms with Gasteiger partial charge in [0.15, 0.2) is 6.29 Å². The Bertz CT molecular complexity index is 331. The molecule has 0 radical (unpaired) electrons. The second-order valence-electron chi connectivity index (χ2n) is 2.54. The fourth-order valence-electron chi connectivity index (χ4n) is 1.01. The van der Waals surface area contributed by atoms with Crippen LogP contribution in [0.15, 0.2) is 12.3 Å². The topological polar surface area (TPSA) is 39.2 Å². The molecule has 0 saturated heterocycles. The summed E-state index contributed by atoms with van der Waals surface area (Å²) in [6.45, 7) is 2.23. The van der Waals surface area contributed by atoms with Crippen molar-refractivity contribution < 1.29 is 9.53 Å². The summed E-state index contributed by atoms with van der Waals surface area (Å²) in [5.74, 6) is 0. The van der Waals surface area contributed by atoms with Gasteiger partial charge in [-0.15, -0.1) is 0 Å². The maximum atomic E-state index is 10.7. The first-order valence-corrected chi connectivity index (χ1v) is 4.82. The van der Waals surface area contributed by atoms with Crippen LogP contribution in [0.3, 0.4) is 0 Å². The minimum atomic E-state index is -0.669. The van der Waals surface area contributed by atoms with E-state index < -0.39 is 6.10 Å². The van der Waals surface area contributed by atoms with E-state index in [-0.39, 0.29) is 0 Å². The molecule has 0 bridgehead atoms. The van der Waals surface area contributed by atoms with Crippen molar-refractivity contribution in [1.82, 2.24) is 4.98 Å². The van der Waals surface area contributed by atoms with Gasteiger partial charge < -0.3 is 9.53 Å². The molecule has 0 amide bonds. The van der Waals surface area contributed by atoms with Crippen LogP contribution in [0, 0.1) is 0 Å². The van der Waals surface area contributed by atoms with Crippen LogP contribution in [-0.4, -0.2) is 17.9 Å². The van der Waals surface area contributed by atoms with Crippen LogP contribution < -0.4 is 0 Å². The number of halogens is 2. The molecule has 0 unspecified atom stereocenters. The normalized spacial score (nSPS) is 12.5. The molecule has 5 heteroatoms. The minimum Gasteiger partial charge on any atom is -0.366 e. The molecular formula is C9H9Cl2NO2. The zero-order valence-corrected chi connectivity index (χ0v) is 9.05. The van der Waals surface area contributed by atoms with Gasteiger partial charge in [-0.2, -0.15) is 0 Å². The van der Waals surface area contributed by atoms with Gasteiger partial charge in [-0.25, -0.2) is 4.98 Å². The summed E-state index contributed by atoms with van der Waals surface area (Å²) in [4.78, 5) is 14.5. The largest absolute Gasteiger partial charge is 0.366 e. The average molecular weight is 234 g/mol. The molecule has 0 aromatic carbocycles. The Kier molecular flexibility index (Phi) is 4.32. The number of nitrogens with zero attached hydrogens (tertiary/aromatic N) is 1. The van der Waals surface area contributed by atoms with Crippen molar-refractivity contribution in [3.05, 3.63) is 28.0 Å². The van der Waals surface area contributed by atoms with Gasteiger partial charge in [0.25, 0.3) is 0 Å². The third kappa shape index (κ3) is 2.67. The molecule has 3 nitrogen and oxygen atoms in total. The highest BCUT2D eigenvalue weighted by molar-refractivity contribution is 6.34. The lowest BCUT2D eigenvalue weighted by Gasteiger charge is -2.11. The van der Waals surface area contributed by atoms with Crippen LogP contribution in [-0.2, 0) is 9.53 Å². The fourth-order valence-corrected chi connectivity index (χ4v) is 1.48. The molecular weight excluding hydrogens is 225 g/mol. The van der Waals surface area contributed by atoms with E-state index in [0.717, 1.165) is 0 Å². The highest BCUT2D eigenvalue weighted by Crippen LogP contribution is 2.25. The van der Waals surface area contributed by atoms with E-state index in [1.165, 1.54) is 12.3 Å². The number of pyridine rings is 1. The number of hydrogen-bond donors (Lipinski definition) is 0. The molecule has 1 aromatic heterocycles. The quantitative estimate of drug-likeness (QED) is 0.593. The van der Waals surface area contributed by atoms with Crippen molar-refractivity contribution in [2.24, 2.45) is 0 Å². The molecule has 1 aromatic rings. The van der Waals surface area contributed by atoms with Gasteiger partial charge >= 0.3 is 0 Å². The van der Waals surface area contributed by atoms with Crippen molar-refractivity contribution in [1.29, 1.82) is 0 Å². The van der Waals surface area contributed by atoms with Gasteiger partial charge in [0.05, 0.1) is 5.02 Å². The number of aromatic nitrogens is 1. The first kappa shape index (κ1) is 11.4. The Morgan fingerprint density at radius 1 is 1.64 bits per heavy atom. The van der Waals surface area contributed by atoms with E-state index in [9.17, 15) is 4.79 Å². The van der Waals surface area contributed by atoms with Crippen molar-refractivity contribution in [2.75, 3.05) is 6.61 Å². The van der Waals surface area contributed by atoms with Crippen LogP contribution >= 0.6 is 23.2 Å². The summed E-state index contributed by atoms with van der Waals surface area (Å²) in [7, 11) is 0. The molecule has 14 heavy (non-hydrogen) atoms. The number of carbonyl (C=O) groups excluding carboxylic acids is 1. The molecule has 0 N–H and O–H groups in total. The Morgan fingerprint density at radius 3 is 2.86 bits per heavy atom. The van der Waals surface area contributed by atoms with Gasteiger partial charge in [-0.05, 0) is 13.0 Å². The van der Waals surface area contributed by atoms with E-state index in [2.05, 4.69) is 4.98 Å². The molecule has 76 valence electrons. The monoisotopic (exact) mass is 233 g/mol. The Balaban J connectivity index is 2.98. The van der Waals surface area contributed by atoms with Gasteiger partial charge in [0.2, 0.25) is 0 Å². The zero-order valence-electron chi connectivity index (χ0n) is 7.54. The first-order valence-electron chi connectivity index (χ1n) is 4.06. The van der Waals surface area contributed by atoms with Gasteiger partial charge in [0.1, 0.15) is 11.3 Å². The fraction of sp³-hybridized carbons (Fsp3) is 0.333. The molecule has 0 aliphatic rings. The highest BCUT2D eigenvalue weighted by atomic mass is 35.5. The molecule has 0 aliphatic carbocycles. The lowest BCUT2D eigenvalue weighted by molar-refractivity contribution is -0.118. The number of rotatable bonds is 4. The lowest BCUT2D eigenvalue weighted by Crippen LogP contribution is -2.06. The van der Waals surface area contributed by atoms with Crippen LogP contribution in [0.4, 0.5) is 0 Å². The van der Waals surface area contributed by atoms with Gasteiger partial charge in [-0.3, -0.25) is 0 Å². The average Bonchev–Trinajstić information content (AvgIpc) is 2.15. The lowest BCUT2D eigenvalue weighted by atomic mass is 10.2. The number of hydrogen-bond acceptors (Lipinski definition) is 3. The predicted molar refractivity (Wildman–Crippen MR) is 54.7 cm³/mol. The van der Waals surface area contributed by atoms with Crippen LogP contribution in [0.2, 0.25) is 10.2 Å². The maximum absolute atomic E-state index is 10.7. The smallest absolute Gasteiger partial charge is 0.153 e. The van der Waals surface area contributed by atoms with E-state index in [4.69, 9.17) is 27.9 Å². The van der Waals surface area contributed by atoms with Crippen LogP contribution in [0.25, 0.3) is 0 Å². The molecule has 1 heterocycles. The maximum Gasteiger partial charge on any atom is 0.153 e. The van der Waals surface area contributed by atoms with Crippen molar-refractivity contribution in [3.8, 4) is 0 Å². The molecule has 0 spiro atoms. The van der Waals surface area contributed by atoms with E-state index in [1.54, 1.807) is 6.92 Å². The number of ether oxygens (including phenoxy) is 1. The van der Waals surface area contributed by atoms with E-state index >= 15 is 0 Å². The van der Waals surface area contributed by atoms with Gasteiger partial charge in [0, 0.05) is 18.4 Å². The molecule has 0 saturated carbocycles. The zero-order chi connectivity index (χ0) is 10.6.